The molecular formula is C19H31NO3. The third-order valence-corrected chi connectivity index (χ3v) is 4.10. The summed E-state index contributed by atoms with van der Waals surface area (Å²) in [6, 6.07) is 4.10. The van der Waals surface area contributed by atoms with E-state index in [1.807, 2.05) is 18.5 Å². The number of ether oxygens (including phenoxy) is 3. The highest BCUT2D eigenvalue weighted by atomic mass is 16.7. The number of aromatic nitrogens is 1. The Labute approximate surface area is 140 Å². The number of rotatable bonds is 12. The summed E-state index contributed by atoms with van der Waals surface area (Å²) < 4.78 is 17.0. The molecule has 4 heteroatoms. The molecule has 1 aliphatic heterocycles. The van der Waals surface area contributed by atoms with E-state index in [0.717, 1.165) is 58.5 Å². The van der Waals surface area contributed by atoms with E-state index < -0.39 is 0 Å². The molecule has 0 N–H and O–H groups in total. The molecule has 0 amide bonds. The van der Waals surface area contributed by atoms with E-state index >= 15 is 0 Å². The van der Waals surface area contributed by atoms with E-state index in [-0.39, 0.29) is 6.29 Å². The average Bonchev–Trinajstić information content (AvgIpc) is 2.61. The molecule has 0 aliphatic carbocycles. The van der Waals surface area contributed by atoms with Gasteiger partial charge < -0.3 is 14.2 Å². The standard InChI is InChI=1S/C19H31NO3/c1(2-5-15-22-19-11-3-6-16-23-19)4-13-21-14-8-10-18-9-7-12-20-17-18/h7,9,12,17,19H,1-6,8,10-11,13-16H2. The highest BCUT2D eigenvalue weighted by Gasteiger charge is 2.13. The second kappa shape index (κ2) is 12.5. The van der Waals surface area contributed by atoms with Gasteiger partial charge in [0.1, 0.15) is 0 Å². The Kier molecular flexibility index (Phi) is 9.95. The van der Waals surface area contributed by atoms with Crippen LogP contribution in [0.5, 0.6) is 0 Å². The molecule has 130 valence electrons. The molecule has 4 nitrogen and oxygen atoms in total. The van der Waals surface area contributed by atoms with E-state index in [1.165, 1.54) is 31.2 Å². The maximum atomic E-state index is 5.73. The molecule has 1 aromatic heterocycles. The van der Waals surface area contributed by atoms with Crippen molar-refractivity contribution in [3.8, 4) is 0 Å². The van der Waals surface area contributed by atoms with Crippen LogP contribution in [0, 0.1) is 0 Å². The number of pyridine rings is 1. The molecule has 1 atom stereocenters. The Hall–Kier alpha value is -0.970. The molecular weight excluding hydrogens is 290 g/mol. The molecule has 1 aliphatic rings. The Bertz CT molecular complexity index is 379. The Morgan fingerprint density at radius 3 is 2.70 bits per heavy atom. The van der Waals surface area contributed by atoms with Crippen molar-refractivity contribution in [1.29, 1.82) is 0 Å². The minimum Gasteiger partial charge on any atom is -0.381 e. The highest BCUT2D eigenvalue weighted by Crippen LogP contribution is 2.14. The Balaban J connectivity index is 1.30. The number of aryl methyl sites for hydroxylation is 1. The van der Waals surface area contributed by atoms with Gasteiger partial charge in [0.15, 0.2) is 6.29 Å². The van der Waals surface area contributed by atoms with Crippen LogP contribution in [0.1, 0.15) is 56.9 Å². The van der Waals surface area contributed by atoms with Crippen LogP contribution in [0.4, 0.5) is 0 Å². The smallest absolute Gasteiger partial charge is 0.157 e. The lowest BCUT2D eigenvalue weighted by Gasteiger charge is -2.22. The molecule has 2 rings (SSSR count). The average molecular weight is 321 g/mol. The first-order valence-electron chi connectivity index (χ1n) is 9.15. The fourth-order valence-electron chi connectivity index (χ4n) is 2.74. The van der Waals surface area contributed by atoms with E-state index in [1.54, 1.807) is 0 Å². The summed E-state index contributed by atoms with van der Waals surface area (Å²) >= 11 is 0. The third kappa shape index (κ3) is 9.04. The van der Waals surface area contributed by atoms with Crippen LogP contribution in [0.3, 0.4) is 0 Å². The summed E-state index contributed by atoms with van der Waals surface area (Å²) in [5.41, 5.74) is 1.29. The summed E-state index contributed by atoms with van der Waals surface area (Å²) in [5.74, 6) is 0. The van der Waals surface area contributed by atoms with E-state index in [0.29, 0.717) is 0 Å². The number of hydrogen-bond acceptors (Lipinski definition) is 4. The fourth-order valence-corrected chi connectivity index (χ4v) is 2.74. The molecule has 1 unspecified atom stereocenters. The van der Waals surface area contributed by atoms with Crippen molar-refractivity contribution in [2.24, 2.45) is 0 Å². The van der Waals surface area contributed by atoms with E-state index in [4.69, 9.17) is 14.2 Å². The van der Waals surface area contributed by atoms with E-state index in [9.17, 15) is 0 Å². The van der Waals surface area contributed by atoms with Crippen molar-refractivity contribution in [2.75, 3.05) is 26.4 Å². The quantitative estimate of drug-likeness (QED) is 0.543. The first-order valence-corrected chi connectivity index (χ1v) is 9.15. The van der Waals surface area contributed by atoms with Crippen LogP contribution < -0.4 is 0 Å². The first kappa shape index (κ1) is 18.4. The zero-order chi connectivity index (χ0) is 16.0. The van der Waals surface area contributed by atoms with Crippen LogP contribution in [0.2, 0.25) is 0 Å². The summed E-state index contributed by atoms with van der Waals surface area (Å²) in [5, 5.41) is 0. The Morgan fingerprint density at radius 2 is 1.91 bits per heavy atom. The fraction of sp³-hybridized carbons (Fsp3) is 0.737. The maximum Gasteiger partial charge on any atom is 0.157 e. The van der Waals surface area contributed by atoms with Crippen molar-refractivity contribution >= 4 is 0 Å². The topological polar surface area (TPSA) is 40.6 Å². The molecule has 0 bridgehead atoms. The molecule has 23 heavy (non-hydrogen) atoms. The van der Waals surface area contributed by atoms with Crippen LogP contribution >= 0.6 is 0 Å². The minimum absolute atomic E-state index is 0.0619. The second-order valence-corrected chi connectivity index (χ2v) is 6.16. The normalized spacial score (nSPS) is 18.2. The lowest BCUT2D eigenvalue weighted by atomic mass is 10.2. The molecule has 0 aromatic carbocycles. The Morgan fingerprint density at radius 1 is 1.04 bits per heavy atom. The predicted octanol–water partition coefficient (Wildman–Crippen LogP) is 4.13. The van der Waals surface area contributed by atoms with Gasteiger partial charge in [-0.05, 0) is 56.6 Å². The summed E-state index contributed by atoms with van der Waals surface area (Å²) in [6.45, 7) is 3.41. The van der Waals surface area contributed by atoms with Crippen molar-refractivity contribution in [2.45, 2.75) is 64.1 Å². The van der Waals surface area contributed by atoms with Gasteiger partial charge in [0.2, 0.25) is 0 Å². The van der Waals surface area contributed by atoms with Crippen molar-refractivity contribution in [1.82, 2.24) is 4.98 Å². The largest absolute Gasteiger partial charge is 0.381 e. The monoisotopic (exact) mass is 321 g/mol. The second-order valence-electron chi connectivity index (χ2n) is 6.16. The van der Waals surface area contributed by atoms with Crippen molar-refractivity contribution < 1.29 is 14.2 Å². The number of nitrogens with zero attached hydrogens (tertiary/aromatic N) is 1. The van der Waals surface area contributed by atoms with Gasteiger partial charge in [0.25, 0.3) is 0 Å². The molecule has 0 saturated carbocycles. The highest BCUT2D eigenvalue weighted by molar-refractivity contribution is 5.08. The molecule has 0 radical (unpaired) electrons. The lowest BCUT2D eigenvalue weighted by Crippen LogP contribution is -2.22. The predicted molar refractivity (Wildman–Crippen MR) is 91.4 cm³/mol. The first-order chi connectivity index (χ1) is 11.4. The molecule has 1 fully saturated rings. The van der Waals surface area contributed by atoms with Crippen LogP contribution in [0.15, 0.2) is 24.5 Å². The van der Waals surface area contributed by atoms with E-state index in [2.05, 4.69) is 11.1 Å². The van der Waals surface area contributed by atoms with Crippen molar-refractivity contribution in [3.63, 3.8) is 0 Å². The molecule has 2 heterocycles. The van der Waals surface area contributed by atoms with Crippen molar-refractivity contribution in [3.05, 3.63) is 30.1 Å². The number of unbranched alkanes of at least 4 members (excludes halogenated alkanes) is 3. The zero-order valence-electron chi connectivity index (χ0n) is 14.3. The van der Waals surface area contributed by atoms with Gasteiger partial charge >= 0.3 is 0 Å². The molecule has 1 saturated heterocycles. The van der Waals surface area contributed by atoms with Gasteiger partial charge in [-0.1, -0.05) is 18.9 Å². The molecule has 1 aromatic rings. The van der Waals surface area contributed by atoms with Gasteiger partial charge in [0.05, 0.1) is 0 Å². The van der Waals surface area contributed by atoms with Crippen LogP contribution in [-0.4, -0.2) is 37.7 Å². The minimum atomic E-state index is 0.0619. The lowest BCUT2D eigenvalue weighted by molar-refractivity contribution is -0.162. The van der Waals surface area contributed by atoms with Gasteiger partial charge in [-0.2, -0.15) is 0 Å². The van der Waals surface area contributed by atoms with Gasteiger partial charge in [-0.3, -0.25) is 4.98 Å². The summed E-state index contributed by atoms with van der Waals surface area (Å²) in [4.78, 5) is 4.12. The summed E-state index contributed by atoms with van der Waals surface area (Å²) in [7, 11) is 0. The van der Waals surface area contributed by atoms with Crippen LogP contribution in [0.25, 0.3) is 0 Å². The van der Waals surface area contributed by atoms with Crippen LogP contribution in [-0.2, 0) is 20.6 Å². The maximum absolute atomic E-state index is 5.73. The summed E-state index contributed by atoms with van der Waals surface area (Å²) in [6.07, 6.45) is 14.1. The zero-order valence-corrected chi connectivity index (χ0v) is 14.3. The number of hydrogen-bond donors (Lipinski definition) is 0. The van der Waals surface area contributed by atoms with Gasteiger partial charge in [-0.15, -0.1) is 0 Å². The van der Waals surface area contributed by atoms with Gasteiger partial charge in [0, 0.05) is 38.8 Å². The van der Waals surface area contributed by atoms with Gasteiger partial charge in [-0.25, -0.2) is 0 Å². The third-order valence-electron chi connectivity index (χ3n) is 4.10. The SMILES string of the molecule is c1cncc(CCCOCCCCCCOC2CCCCO2)c1. The molecule has 0 spiro atoms.